The molecule has 6 nitrogen and oxygen atoms in total. The molecule has 0 fully saturated rings. The molecule has 0 aliphatic carbocycles. The predicted molar refractivity (Wildman–Crippen MR) is 76.8 cm³/mol. The minimum absolute atomic E-state index is 0.158. The van der Waals surface area contributed by atoms with Crippen LogP contribution in [0.15, 0.2) is 33.9 Å². The SMILES string of the molecule is O=S(=O)(NCc1ccc2c(c1)OCO2)c1cc(CO)cs1. The number of hydrogen-bond acceptors (Lipinski definition) is 6. The van der Waals surface area contributed by atoms with Gasteiger partial charge in [0.2, 0.25) is 16.8 Å². The summed E-state index contributed by atoms with van der Waals surface area (Å²) in [5.74, 6) is 1.28. The van der Waals surface area contributed by atoms with E-state index in [1.54, 1.807) is 23.6 Å². The van der Waals surface area contributed by atoms with E-state index in [1.165, 1.54) is 6.07 Å². The largest absolute Gasteiger partial charge is 0.454 e. The quantitative estimate of drug-likeness (QED) is 0.868. The Kier molecular flexibility index (Phi) is 3.85. The number of sulfonamides is 1. The molecule has 0 radical (unpaired) electrons. The summed E-state index contributed by atoms with van der Waals surface area (Å²) in [7, 11) is -3.58. The first-order chi connectivity index (χ1) is 10.1. The first-order valence-electron chi connectivity index (χ1n) is 6.15. The summed E-state index contributed by atoms with van der Waals surface area (Å²) >= 11 is 1.08. The molecule has 1 aromatic carbocycles. The van der Waals surface area contributed by atoms with Gasteiger partial charge in [-0.15, -0.1) is 11.3 Å². The number of nitrogens with one attached hydrogen (secondary N) is 1. The Morgan fingerprint density at radius 1 is 1.19 bits per heavy atom. The molecule has 0 saturated heterocycles. The van der Waals surface area contributed by atoms with Gasteiger partial charge in [0.05, 0.1) is 6.61 Å². The smallest absolute Gasteiger partial charge is 0.250 e. The molecule has 0 spiro atoms. The van der Waals surface area contributed by atoms with Gasteiger partial charge in [-0.2, -0.15) is 0 Å². The van der Waals surface area contributed by atoms with Gasteiger partial charge in [-0.25, -0.2) is 13.1 Å². The number of aliphatic hydroxyl groups is 1. The average molecular weight is 327 g/mol. The van der Waals surface area contributed by atoms with E-state index in [0.29, 0.717) is 17.1 Å². The fourth-order valence-corrected chi connectivity index (χ4v) is 4.14. The van der Waals surface area contributed by atoms with Gasteiger partial charge in [0.1, 0.15) is 4.21 Å². The number of thiophene rings is 1. The van der Waals surface area contributed by atoms with Crippen LogP contribution in [-0.4, -0.2) is 20.3 Å². The van der Waals surface area contributed by atoms with Gasteiger partial charge in [-0.1, -0.05) is 6.07 Å². The van der Waals surface area contributed by atoms with Gasteiger partial charge in [-0.3, -0.25) is 0 Å². The number of hydrogen-bond donors (Lipinski definition) is 2. The maximum Gasteiger partial charge on any atom is 0.250 e. The van der Waals surface area contributed by atoms with Crippen molar-refractivity contribution in [2.45, 2.75) is 17.4 Å². The highest BCUT2D eigenvalue weighted by molar-refractivity contribution is 7.91. The van der Waals surface area contributed by atoms with Crippen molar-refractivity contribution in [3.63, 3.8) is 0 Å². The zero-order valence-corrected chi connectivity index (χ0v) is 12.5. The van der Waals surface area contributed by atoms with Crippen molar-refractivity contribution in [3.8, 4) is 11.5 Å². The lowest BCUT2D eigenvalue weighted by atomic mass is 10.2. The first-order valence-corrected chi connectivity index (χ1v) is 8.51. The van der Waals surface area contributed by atoms with Crippen LogP contribution in [0.2, 0.25) is 0 Å². The van der Waals surface area contributed by atoms with Crippen LogP contribution < -0.4 is 14.2 Å². The summed E-state index contributed by atoms with van der Waals surface area (Å²) in [6, 6.07) is 6.75. The van der Waals surface area contributed by atoms with Crippen molar-refractivity contribution >= 4 is 21.4 Å². The summed E-state index contributed by atoms with van der Waals surface area (Å²) in [6.45, 7) is 0.170. The lowest BCUT2D eigenvalue weighted by Crippen LogP contribution is -2.22. The van der Waals surface area contributed by atoms with Crippen molar-refractivity contribution < 1.29 is 23.0 Å². The van der Waals surface area contributed by atoms with Crippen LogP contribution in [-0.2, 0) is 23.2 Å². The molecule has 3 rings (SSSR count). The van der Waals surface area contributed by atoms with Gasteiger partial charge in [-0.05, 0) is 34.7 Å². The van der Waals surface area contributed by atoms with Gasteiger partial charge in [0.25, 0.3) is 0 Å². The molecule has 1 aliphatic rings. The van der Waals surface area contributed by atoms with E-state index in [2.05, 4.69) is 4.72 Å². The highest BCUT2D eigenvalue weighted by atomic mass is 32.2. The summed E-state index contributed by atoms with van der Waals surface area (Å²) in [6.07, 6.45) is 0. The van der Waals surface area contributed by atoms with Crippen LogP contribution in [0, 0.1) is 0 Å². The molecule has 21 heavy (non-hydrogen) atoms. The Bertz CT molecular complexity index is 754. The van der Waals surface area contributed by atoms with Crippen LogP contribution >= 0.6 is 11.3 Å². The Labute approximate surface area is 126 Å². The summed E-state index contributed by atoms with van der Waals surface area (Å²) < 4.78 is 37.4. The number of aliphatic hydroxyl groups excluding tert-OH is 1. The zero-order valence-electron chi connectivity index (χ0n) is 10.9. The van der Waals surface area contributed by atoms with Gasteiger partial charge >= 0.3 is 0 Å². The Morgan fingerprint density at radius 2 is 2.00 bits per heavy atom. The number of ether oxygens (including phenoxy) is 2. The summed E-state index contributed by atoms with van der Waals surface area (Å²) in [5.41, 5.74) is 1.37. The number of rotatable bonds is 5. The van der Waals surface area contributed by atoms with Crippen LogP contribution in [0.3, 0.4) is 0 Å². The maximum absolute atomic E-state index is 12.1. The molecule has 2 heterocycles. The molecule has 112 valence electrons. The van der Waals surface area contributed by atoms with E-state index in [9.17, 15) is 8.42 Å². The number of benzene rings is 1. The molecular weight excluding hydrogens is 314 g/mol. The Balaban J connectivity index is 1.71. The van der Waals surface area contributed by atoms with E-state index >= 15 is 0 Å². The highest BCUT2D eigenvalue weighted by Gasteiger charge is 2.18. The van der Waals surface area contributed by atoms with Crippen molar-refractivity contribution in [3.05, 3.63) is 40.8 Å². The normalized spacial score (nSPS) is 13.6. The van der Waals surface area contributed by atoms with Crippen molar-refractivity contribution in [1.29, 1.82) is 0 Å². The molecule has 0 unspecified atom stereocenters. The van der Waals surface area contributed by atoms with E-state index < -0.39 is 10.0 Å². The molecule has 1 aromatic heterocycles. The van der Waals surface area contributed by atoms with Gasteiger partial charge in [0, 0.05) is 6.54 Å². The molecule has 2 aromatic rings. The third-order valence-corrected chi connectivity index (χ3v) is 5.87. The van der Waals surface area contributed by atoms with E-state index in [1.807, 2.05) is 0 Å². The third kappa shape index (κ3) is 3.03. The summed E-state index contributed by atoms with van der Waals surface area (Å²) in [5, 5.41) is 10.6. The van der Waals surface area contributed by atoms with Crippen LogP contribution in [0.5, 0.6) is 11.5 Å². The maximum atomic E-state index is 12.1. The van der Waals surface area contributed by atoms with Crippen LogP contribution in [0.25, 0.3) is 0 Å². The van der Waals surface area contributed by atoms with Crippen molar-refractivity contribution in [2.24, 2.45) is 0 Å². The molecule has 0 saturated carbocycles. The highest BCUT2D eigenvalue weighted by Crippen LogP contribution is 2.32. The average Bonchev–Trinajstić information content (AvgIpc) is 3.13. The van der Waals surface area contributed by atoms with Crippen LogP contribution in [0.1, 0.15) is 11.1 Å². The van der Waals surface area contributed by atoms with E-state index in [4.69, 9.17) is 14.6 Å². The number of fused-ring (bicyclic) bond motifs is 1. The molecule has 1 aliphatic heterocycles. The third-order valence-electron chi connectivity index (χ3n) is 2.98. The lowest BCUT2D eigenvalue weighted by Gasteiger charge is -2.05. The minimum Gasteiger partial charge on any atom is -0.454 e. The molecular formula is C13H13NO5S2. The second-order valence-corrected chi connectivity index (χ2v) is 7.35. The first kappa shape index (κ1) is 14.3. The molecule has 8 heteroatoms. The Hall–Kier alpha value is -1.61. The molecule has 0 bridgehead atoms. The Morgan fingerprint density at radius 3 is 2.76 bits per heavy atom. The monoisotopic (exact) mass is 327 g/mol. The minimum atomic E-state index is -3.58. The fraction of sp³-hybridized carbons (Fsp3) is 0.231. The molecule has 0 atom stereocenters. The predicted octanol–water partition coefficient (Wildman–Crippen LogP) is 1.45. The van der Waals surface area contributed by atoms with Gasteiger partial charge < -0.3 is 14.6 Å². The fourth-order valence-electron chi connectivity index (χ4n) is 1.88. The molecule has 0 amide bonds. The second kappa shape index (κ2) is 5.64. The van der Waals surface area contributed by atoms with Gasteiger partial charge in [0.15, 0.2) is 11.5 Å². The van der Waals surface area contributed by atoms with E-state index in [-0.39, 0.29) is 24.2 Å². The zero-order chi connectivity index (χ0) is 14.9. The van der Waals surface area contributed by atoms with E-state index in [0.717, 1.165) is 16.9 Å². The van der Waals surface area contributed by atoms with Crippen LogP contribution in [0.4, 0.5) is 0 Å². The van der Waals surface area contributed by atoms with Crippen molar-refractivity contribution in [1.82, 2.24) is 4.72 Å². The summed E-state index contributed by atoms with van der Waals surface area (Å²) in [4.78, 5) is 0. The topological polar surface area (TPSA) is 84.9 Å². The van der Waals surface area contributed by atoms with Crippen molar-refractivity contribution in [2.75, 3.05) is 6.79 Å². The molecule has 2 N–H and O–H groups in total. The lowest BCUT2D eigenvalue weighted by molar-refractivity contribution is 0.174. The standard InChI is InChI=1S/C13H13NO5S2/c15-6-10-4-13(20-7-10)21(16,17)14-5-9-1-2-11-12(3-9)19-8-18-11/h1-4,7,14-15H,5-6,8H2. The second-order valence-electron chi connectivity index (χ2n) is 4.44.